The summed E-state index contributed by atoms with van der Waals surface area (Å²) >= 11 is 3.28. The summed E-state index contributed by atoms with van der Waals surface area (Å²) in [5, 5.41) is 8.13. The van der Waals surface area contributed by atoms with E-state index in [-0.39, 0.29) is 5.91 Å². The number of carbonyl (C=O) groups excluding carboxylic acids is 1. The van der Waals surface area contributed by atoms with Crippen molar-refractivity contribution in [3.8, 4) is 11.3 Å². The molecule has 3 aromatic rings. The number of rotatable bonds is 6. The number of thiazole rings is 1. The van der Waals surface area contributed by atoms with E-state index in [1.807, 2.05) is 24.4 Å². The Labute approximate surface area is 144 Å². The van der Waals surface area contributed by atoms with Gasteiger partial charge >= 0.3 is 0 Å². The van der Waals surface area contributed by atoms with E-state index in [9.17, 15) is 4.79 Å². The van der Waals surface area contributed by atoms with Gasteiger partial charge < -0.3 is 5.32 Å². The first kappa shape index (κ1) is 15.9. The van der Waals surface area contributed by atoms with Gasteiger partial charge in [-0.3, -0.25) is 4.79 Å². The molecule has 23 heavy (non-hydrogen) atoms. The molecular formula is C18H18N2OS2. The molecule has 118 valence electrons. The van der Waals surface area contributed by atoms with Gasteiger partial charge in [0.05, 0.1) is 17.1 Å². The number of hydrogen-bond acceptors (Lipinski definition) is 4. The highest BCUT2D eigenvalue weighted by Crippen LogP contribution is 2.21. The molecule has 3 rings (SSSR count). The number of carbonyl (C=O) groups is 1. The zero-order valence-corrected chi connectivity index (χ0v) is 14.5. The average molecular weight is 342 g/mol. The molecule has 0 spiro atoms. The summed E-state index contributed by atoms with van der Waals surface area (Å²) in [5.41, 5.74) is 3.39. The lowest BCUT2D eigenvalue weighted by Crippen LogP contribution is -2.26. The molecule has 3 nitrogen and oxygen atoms in total. The van der Waals surface area contributed by atoms with E-state index in [1.54, 1.807) is 22.7 Å². The summed E-state index contributed by atoms with van der Waals surface area (Å²) in [6.07, 6.45) is 1.31. The van der Waals surface area contributed by atoms with Gasteiger partial charge in [-0.1, -0.05) is 30.3 Å². The Morgan fingerprint density at radius 3 is 2.65 bits per heavy atom. The first-order valence-corrected chi connectivity index (χ1v) is 9.27. The van der Waals surface area contributed by atoms with Crippen LogP contribution in [0.25, 0.3) is 11.3 Å². The second kappa shape index (κ2) is 7.53. The number of aromatic nitrogens is 1. The second-order valence-corrected chi connectivity index (χ2v) is 7.40. The lowest BCUT2D eigenvalue weighted by molar-refractivity contribution is -0.120. The zero-order valence-electron chi connectivity index (χ0n) is 12.9. The summed E-state index contributed by atoms with van der Waals surface area (Å²) in [6.45, 7) is 2.68. The van der Waals surface area contributed by atoms with E-state index in [0.29, 0.717) is 13.0 Å². The van der Waals surface area contributed by atoms with Crippen LogP contribution in [-0.4, -0.2) is 17.4 Å². The lowest BCUT2D eigenvalue weighted by Gasteiger charge is -2.05. The zero-order chi connectivity index (χ0) is 16.1. The van der Waals surface area contributed by atoms with Crippen molar-refractivity contribution in [3.05, 3.63) is 62.6 Å². The molecule has 0 fully saturated rings. The molecule has 5 heteroatoms. The molecule has 0 aliphatic rings. The summed E-state index contributed by atoms with van der Waals surface area (Å²) in [7, 11) is 0. The number of benzene rings is 1. The predicted octanol–water partition coefficient (Wildman–Crippen LogP) is 4.08. The van der Waals surface area contributed by atoms with Crippen LogP contribution in [0.15, 0.2) is 47.2 Å². The highest BCUT2D eigenvalue weighted by atomic mass is 32.1. The highest BCUT2D eigenvalue weighted by Gasteiger charge is 2.05. The van der Waals surface area contributed by atoms with E-state index in [4.69, 9.17) is 0 Å². The highest BCUT2D eigenvalue weighted by molar-refractivity contribution is 7.10. The fraction of sp³-hybridized carbons (Fsp3) is 0.222. The third-order valence-corrected chi connectivity index (χ3v) is 5.17. The van der Waals surface area contributed by atoms with Crippen LogP contribution >= 0.6 is 22.7 Å². The minimum Gasteiger partial charge on any atom is -0.355 e. The molecule has 2 aromatic heterocycles. The molecule has 1 amide bonds. The number of aryl methyl sites for hydroxylation is 1. The van der Waals surface area contributed by atoms with Crippen LogP contribution in [0.5, 0.6) is 0 Å². The van der Waals surface area contributed by atoms with Crippen LogP contribution in [0.2, 0.25) is 0 Å². The fourth-order valence-electron chi connectivity index (χ4n) is 2.32. The van der Waals surface area contributed by atoms with Crippen molar-refractivity contribution in [2.24, 2.45) is 0 Å². The predicted molar refractivity (Wildman–Crippen MR) is 97.0 cm³/mol. The number of amides is 1. The van der Waals surface area contributed by atoms with Crippen molar-refractivity contribution in [2.45, 2.75) is 19.8 Å². The Morgan fingerprint density at radius 1 is 1.17 bits per heavy atom. The molecule has 0 bridgehead atoms. The summed E-state index contributed by atoms with van der Waals surface area (Å²) in [6, 6.07) is 12.4. The third kappa shape index (κ3) is 4.50. The van der Waals surface area contributed by atoms with Crippen molar-refractivity contribution >= 4 is 28.6 Å². The molecule has 0 aliphatic carbocycles. The van der Waals surface area contributed by atoms with Gasteiger partial charge in [-0.15, -0.1) is 22.7 Å². The van der Waals surface area contributed by atoms with E-state index in [2.05, 4.69) is 39.9 Å². The maximum atomic E-state index is 11.8. The van der Waals surface area contributed by atoms with Crippen molar-refractivity contribution in [1.82, 2.24) is 10.3 Å². The van der Waals surface area contributed by atoms with Crippen molar-refractivity contribution in [3.63, 3.8) is 0 Å². The van der Waals surface area contributed by atoms with Gasteiger partial charge in [0.2, 0.25) is 5.91 Å². The first-order chi connectivity index (χ1) is 11.2. The smallest absolute Gasteiger partial charge is 0.225 e. The molecule has 0 saturated heterocycles. The van der Waals surface area contributed by atoms with Gasteiger partial charge in [-0.2, -0.15) is 0 Å². The van der Waals surface area contributed by atoms with Crippen molar-refractivity contribution < 1.29 is 4.79 Å². The van der Waals surface area contributed by atoms with Crippen LogP contribution in [0.1, 0.15) is 15.4 Å². The van der Waals surface area contributed by atoms with Crippen molar-refractivity contribution in [1.29, 1.82) is 0 Å². The van der Waals surface area contributed by atoms with Gasteiger partial charge in [-0.05, 0) is 30.4 Å². The monoisotopic (exact) mass is 342 g/mol. The average Bonchev–Trinajstić information content (AvgIpc) is 3.20. The normalized spacial score (nSPS) is 10.7. The largest absolute Gasteiger partial charge is 0.355 e. The van der Waals surface area contributed by atoms with Gasteiger partial charge in [0.15, 0.2) is 0 Å². The van der Waals surface area contributed by atoms with E-state index >= 15 is 0 Å². The molecule has 0 unspecified atom stereocenters. The summed E-state index contributed by atoms with van der Waals surface area (Å²) in [4.78, 5) is 17.4. The number of hydrogen-bond donors (Lipinski definition) is 1. The SMILES string of the molecule is Cc1nc(-c2ccc(CCNC(=O)Cc3cccs3)cc2)cs1. The molecule has 2 heterocycles. The number of nitrogens with zero attached hydrogens (tertiary/aromatic N) is 1. The minimum absolute atomic E-state index is 0.0852. The van der Waals surface area contributed by atoms with Crippen LogP contribution in [0.4, 0.5) is 0 Å². The van der Waals surface area contributed by atoms with E-state index in [1.165, 1.54) is 5.56 Å². The third-order valence-electron chi connectivity index (χ3n) is 3.52. The maximum Gasteiger partial charge on any atom is 0.225 e. The summed E-state index contributed by atoms with van der Waals surface area (Å²) < 4.78 is 0. The van der Waals surface area contributed by atoms with Gasteiger partial charge in [-0.25, -0.2) is 4.98 Å². The van der Waals surface area contributed by atoms with Gasteiger partial charge in [0.25, 0.3) is 0 Å². The molecular weight excluding hydrogens is 324 g/mol. The Bertz CT molecular complexity index is 761. The number of thiophene rings is 1. The molecule has 0 aliphatic heterocycles. The van der Waals surface area contributed by atoms with E-state index in [0.717, 1.165) is 27.6 Å². The lowest BCUT2D eigenvalue weighted by atomic mass is 10.1. The van der Waals surface area contributed by atoms with Crippen molar-refractivity contribution in [2.75, 3.05) is 6.54 Å². The standard InChI is InChI=1S/C18H18N2OS2/c1-13-20-17(12-23-13)15-6-4-14(5-7-15)8-9-19-18(21)11-16-3-2-10-22-16/h2-7,10,12H,8-9,11H2,1H3,(H,19,21). The topological polar surface area (TPSA) is 42.0 Å². The first-order valence-electron chi connectivity index (χ1n) is 7.51. The molecule has 1 N–H and O–H groups in total. The Morgan fingerprint density at radius 2 is 2.00 bits per heavy atom. The Kier molecular flexibility index (Phi) is 5.20. The maximum absolute atomic E-state index is 11.8. The van der Waals surface area contributed by atoms with Crippen LogP contribution in [0.3, 0.4) is 0 Å². The molecule has 1 aromatic carbocycles. The Balaban J connectivity index is 1.48. The quantitative estimate of drug-likeness (QED) is 0.733. The molecule has 0 atom stereocenters. The Hall–Kier alpha value is -1.98. The molecule has 0 saturated carbocycles. The van der Waals surface area contributed by atoms with Gasteiger partial charge in [0.1, 0.15) is 0 Å². The second-order valence-electron chi connectivity index (χ2n) is 5.30. The molecule has 0 radical (unpaired) electrons. The summed E-state index contributed by atoms with van der Waals surface area (Å²) in [5.74, 6) is 0.0852. The van der Waals surface area contributed by atoms with E-state index < -0.39 is 0 Å². The van der Waals surface area contributed by atoms with Crippen LogP contribution in [-0.2, 0) is 17.6 Å². The van der Waals surface area contributed by atoms with Gasteiger partial charge in [0, 0.05) is 22.4 Å². The fourth-order valence-corrected chi connectivity index (χ4v) is 3.64. The minimum atomic E-state index is 0.0852. The van der Waals surface area contributed by atoms with Crippen LogP contribution in [0, 0.1) is 6.92 Å². The van der Waals surface area contributed by atoms with Crippen LogP contribution < -0.4 is 5.32 Å². The number of nitrogens with one attached hydrogen (secondary N) is 1.